The maximum atomic E-state index is 6.15. The fourth-order valence-corrected chi connectivity index (χ4v) is 4.24. The van der Waals surface area contributed by atoms with Gasteiger partial charge in [-0.25, -0.2) is 19.9 Å². The molecule has 0 aliphatic heterocycles. The van der Waals surface area contributed by atoms with Crippen molar-refractivity contribution in [3.05, 3.63) is 60.0 Å². The molecule has 184 valence electrons. The van der Waals surface area contributed by atoms with Crippen LogP contribution in [0.5, 0.6) is 11.5 Å². The second-order valence-electron chi connectivity index (χ2n) is 9.21. The number of aliphatic imine (C=N–C) groups is 1. The third-order valence-corrected chi connectivity index (χ3v) is 6.55. The van der Waals surface area contributed by atoms with Crippen LogP contribution in [-0.4, -0.2) is 32.7 Å². The van der Waals surface area contributed by atoms with Gasteiger partial charge in [-0.2, -0.15) is 0 Å². The molecule has 2 heterocycles. The Morgan fingerprint density at radius 3 is 2.72 bits per heavy atom. The average molecular weight is 482 g/mol. The fourth-order valence-electron chi connectivity index (χ4n) is 4.24. The van der Waals surface area contributed by atoms with Crippen molar-refractivity contribution in [3.63, 3.8) is 0 Å². The molecular formula is C28H31N7O. The molecule has 2 aromatic carbocycles. The van der Waals surface area contributed by atoms with Crippen LogP contribution < -0.4 is 15.4 Å². The topological polar surface area (TPSA) is 97.2 Å². The maximum absolute atomic E-state index is 6.15. The lowest BCUT2D eigenvalue weighted by molar-refractivity contribution is 0.303. The Kier molecular flexibility index (Phi) is 7.02. The summed E-state index contributed by atoms with van der Waals surface area (Å²) in [6.45, 7) is 6.84. The second-order valence-corrected chi connectivity index (χ2v) is 9.21. The third kappa shape index (κ3) is 5.43. The predicted molar refractivity (Wildman–Crippen MR) is 145 cm³/mol. The van der Waals surface area contributed by atoms with Crippen molar-refractivity contribution in [2.24, 2.45) is 10.9 Å². The van der Waals surface area contributed by atoms with E-state index in [0.29, 0.717) is 22.8 Å². The second kappa shape index (κ2) is 10.7. The molecule has 0 spiro atoms. The molecule has 2 N–H and O–H groups in total. The van der Waals surface area contributed by atoms with E-state index in [2.05, 4.69) is 30.6 Å². The summed E-state index contributed by atoms with van der Waals surface area (Å²) in [6, 6.07) is 11.9. The van der Waals surface area contributed by atoms with Crippen molar-refractivity contribution in [1.82, 2.24) is 19.9 Å². The molecule has 8 heteroatoms. The highest BCUT2D eigenvalue weighted by atomic mass is 16.5. The van der Waals surface area contributed by atoms with Gasteiger partial charge in [-0.3, -0.25) is 4.99 Å². The summed E-state index contributed by atoms with van der Waals surface area (Å²) >= 11 is 0. The van der Waals surface area contributed by atoms with Gasteiger partial charge in [0.25, 0.3) is 0 Å². The van der Waals surface area contributed by atoms with Gasteiger partial charge in [0.2, 0.25) is 5.95 Å². The van der Waals surface area contributed by atoms with E-state index >= 15 is 0 Å². The van der Waals surface area contributed by atoms with Gasteiger partial charge in [0, 0.05) is 24.5 Å². The zero-order valence-electron chi connectivity index (χ0n) is 21.0. The number of rotatable bonds is 9. The van der Waals surface area contributed by atoms with E-state index < -0.39 is 0 Å². The molecule has 36 heavy (non-hydrogen) atoms. The molecule has 1 aliphatic carbocycles. The zero-order chi connectivity index (χ0) is 24.9. The number of nitrogens with one attached hydrogen (secondary N) is 2. The molecule has 0 amide bonds. The summed E-state index contributed by atoms with van der Waals surface area (Å²) in [4.78, 5) is 22.3. The first-order valence-corrected chi connectivity index (χ1v) is 12.5. The summed E-state index contributed by atoms with van der Waals surface area (Å²) in [6.07, 6.45) is 10.2. The van der Waals surface area contributed by atoms with E-state index in [0.717, 1.165) is 52.9 Å². The Morgan fingerprint density at radius 1 is 1.06 bits per heavy atom. The van der Waals surface area contributed by atoms with Gasteiger partial charge < -0.3 is 15.4 Å². The van der Waals surface area contributed by atoms with Crippen LogP contribution in [0, 0.1) is 19.8 Å². The molecular weight excluding hydrogens is 450 g/mol. The lowest BCUT2D eigenvalue weighted by atomic mass is 9.83. The van der Waals surface area contributed by atoms with Gasteiger partial charge in [0.1, 0.15) is 28.9 Å². The highest BCUT2D eigenvalue weighted by molar-refractivity contribution is 5.87. The summed E-state index contributed by atoms with van der Waals surface area (Å²) in [7, 11) is 0. The highest BCUT2D eigenvalue weighted by Crippen LogP contribution is 2.32. The van der Waals surface area contributed by atoms with Crippen LogP contribution in [0.15, 0.2) is 53.9 Å². The van der Waals surface area contributed by atoms with Crippen molar-refractivity contribution in [3.8, 4) is 11.5 Å². The lowest BCUT2D eigenvalue weighted by Crippen LogP contribution is -2.16. The minimum absolute atomic E-state index is 0.601. The number of hydrogen-bond acceptors (Lipinski definition) is 8. The Hall–Kier alpha value is -4.07. The molecule has 5 rings (SSSR count). The van der Waals surface area contributed by atoms with E-state index in [1.807, 2.05) is 57.2 Å². The van der Waals surface area contributed by atoms with Crippen LogP contribution in [-0.2, 0) is 0 Å². The molecule has 0 radical (unpaired) electrons. The quantitative estimate of drug-likeness (QED) is 0.251. The van der Waals surface area contributed by atoms with Crippen LogP contribution in [0.4, 0.5) is 23.1 Å². The van der Waals surface area contributed by atoms with E-state index in [9.17, 15) is 0 Å². The number of aryl methyl sites for hydroxylation is 2. The van der Waals surface area contributed by atoms with E-state index in [1.54, 1.807) is 12.4 Å². The lowest BCUT2D eigenvalue weighted by Gasteiger charge is -2.25. The Morgan fingerprint density at radius 2 is 1.94 bits per heavy atom. The van der Waals surface area contributed by atoms with Gasteiger partial charge in [-0.1, -0.05) is 25.3 Å². The van der Waals surface area contributed by atoms with Crippen LogP contribution in [0.3, 0.4) is 0 Å². The predicted octanol–water partition coefficient (Wildman–Crippen LogP) is 6.90. The number of fused-ring (bicyclic) bond motifs is 1. The maximum Gasteiger partial charge on any atom is 0.223 e. The Bertz CT molecular complexity index is 1400. The summed E-state index contributed by atoms with van der Waals surface area (Å²) < 4.78 is 6.15. The summed E-state index contributed by atoms with van der Waals surface area (Å²) in [5.41, 5.74) is 5.26. The standard InChI is InChI=1S/C28H31N7O/c1-4-29-23-15-22(10-8-18(23)2)36-25-11-9-21(14-19(25)3)34-27-26-24(32-17-33-27)16-31-28(35-26)30-13-12-20-6-5-7-20/h4,8-11,14-17,20H,5-7,12-13H2,1-3H3,(H,30,31,35)(H,32,33,34)/b29-4-. The number of ether oxygens (including phenoxy) is 1. The first kappa shape index (κ1) is 23.7. The minimum Gasteiger partial charge on any atom is -0.457 e. The van der Waals surface area contributed by atoms with E-state index in [4.69, 9.17) is 9.72 Å². The van der Waals surface area contributed by atoms with E-state index in [-0.39, 0.29) is 0 Å². The van der Waals surface area contributed by atoms with Crippen molar-refractivity contribution in [1.29, 1.82) is 0 Å². The number of nitrogens with zero attached hydrogens (tertiary/aromatic N) is 5. The van der Waals surface area contributed by atoms with Crippen LogP contribution in [0.2, 0.25) is 0 Å². The third-order valence-electron chi connectivity index (χ3n) is 6.55. The average Bonchev–Trinajstić information content (AvgIpc) is 2.85. The number of aromatic nitrogens is 4. The van der Waals surface area contributed by atoms with Crippen LogP contribution in [0.25, 0.3) is 11.0 Å². The van der Waals surface area contributed by atoms with Crippen LogP contribution in [0.1, 0.15) is 43.7 Å². The van der Waals surface area contributed by atoms with Gasteiger partial charge in [0.15, 0.2) is 5.82 Å². The molecule has 0 atom stereocenters. The summed E-state index contributed by atoms with van der Waals surface area (Å²) in [5, 5.41) is 6.74. The molecule has 4 aromatic rings. The smallest absolute Gasteiger partial charge is 0.223 e. The monoisotopic (exact) mass is 481 g/mol. The number of hydrogen-bond donors (Lipinski definition) is 2. The first-order chi connectivity index (χ1) is 17.6. The zero-order valence-corrected chi connectivity index (χ0v) is 21.0. The Labute approximate surface area is 211 Å². The molecule has 2 aromatic heterocycles. The van der Waals surface area contributed by atoms with Gasteiger partial charge in [-0.05, 0) is 68.5 Å². The van der Waals surface area contributed by atoms with Gasteiger partial charge >= 0.3 is 0 Å². The van der Waals surface area contributed by atoms with Crippen molar-refractivity contribution in [2.45, 2.75) is 46.5 Å². The molecule has 0 unspecified atom stereocenters. The minimum atomic E-state index is 0.601. The normalized spacial score (nSPS) is 13.6. The largest absolute Gasteiger partial charge is 0.457 e. The molecule has 1 aliphatic rings. The SMILES string of the molecule is C/C=N\c1cc(Oc2ccc(Nc3ncnc4cnc(NCCC5CCC5)nc34)cc2C)ccc1C. The number of anilines is 3. The van der Waals surface area contributed by atoms with Crippen LogP contribution >= 0.6 is 0 Å². The molecule has 0 bridgehead atoms. The molecule has 1 fully saturated rings. The van der Waals surface area contributed by atoms with Gasteiger partial charge in [0.05, 0.1) is 11.9 Å². The molecule has 1 saturated carbocycles. The van der Waals surface area contributed by atoms with Crippen molar-refractivity contribution >= 4 is 40.4 Å². The Balaban J connectivity index is 1.31. The fraction of sp³-hybridized carbons (Fsp3) is 0.321. The van der Waals surface area contributed by atoms with E-state index in [1.165, 1.54) is 25.6 Å². The number of benzene rings is 2. The van der Waals surface area contributed by atoms with Crippen molar-refractivity contribution in [2.75, 3.05) is 17.2 Å². The van der Waals surface area contributed by atoms with Gasteiger partial charge in [-0.15, -0.1) is 0 Å². The summed E-state index contributed by atoms with van der Waals surface area (Å²) in [5.74, 6) is 3.61. The van der Waals surface area contributed by atoms with Crippen molar-refractivity contribution < 1.29 is 4.74 Å². The molecule has 8 nitrogen and oxygen atoms in total. The highest BCUT2D eigenvalue weighted by Gasteiger charge is 2.17. The molecule has 0 saturated heterocycles. The first-order valence-electron chi connectivity index (χ1n) is 12.5.